The molecule has 0 fully saturated rings. The molecule has 0 aliphatic rings. The molecule has 2 unspecified atom stereocenters. The van der Waals surface area contributed by atoms with Crippen molar-refractivity contribution in [2.24, 2.45) is 5.92 Å². The minimum Gasteiger partial charge on any atom is -0.497 e. The van der Waals surface area contributed by atoms with Gasteiger partial charge in [-0.05, 0) is 24.6 Å². The van der Waals surface area contributed by atoms with Gasteiger partial charge in [-0.3, -0.25) is 0 Å². The molecule has 1 aromatic rings. The molecule has 0 saturated heterocycles. The summed E-state index contributed by atoms with van der Waals surface area (Å²) >= 11 is 0. The molecule has 90 valence electrons. The molecular formula is C12H16F2O2. The summed E-state index contributed by atoms with van der Waals surface area (Å²) in [5.41, 5.74) is -1.08. The van der Waals surface area contributed by atoms with Gasteiger partial charge in [0.15, 0.2) is 0 Å². The van der Waals surface area contributed by atoms with E-state index in [1.54, 1.807) is 24.3 Å². The molecule has 0 heterocycles. The first-order chi connectivity index (χ1) is 7.39. The molecule has 0 spiro atoms. The largest absolute Gasteiger partial charge is 0.497 e. The van der Waals surface area contributed by atoms with Gasteiger partial charge in [0.2, 0.25) is 6.43 Å². The van der Waals surface area contributed by atoms with Gasteiger partial charge in [-0.1, -0.05) is 19.1 Å². The highest BCUT2D eigenvalue weighted by Gasteiger charge is 2.36. The molecular weight excluding hydrogens is 214 g/mol. The zero-order valence-electron chi connectivity index (χ0n) is 9.58. The fraction of sp³-hybridized carbons (Fsp3) is 0.500. The van der Waals surface area contributed by atoms with Gasteiger partial charge in [-0.2, -0.15) is 0 Å². The molecule has 0 aromatic heterocycles. The maximum atomic E-state index is 12.6. The maximum Gasteiger partial charge on any atom is 0.244 e. The summed E-state index contributed by atoms with van der Waals surface area (Å²) in [7, 11) is 1.52. The molecule has 1 aromatic carbocycles. The Morgan fingerprint density at radius 2 is 1.75 bits per heavy atom. The highest BCUT2D eigenvalue weighted by Crippen LogP contribution is 2.33. The summed E-state index contributed by atoms with van der Waals surface area (Å²) in [6.45, 7) is 2.72. The Morgan fingerprint density at radius 1 is 1.25 bits per heavy atom. The molecule has 1 N–H and O–H groups in total. The normalized spacial score (nSPS) is 16.9. The van der Waals surface area contributed by atoms with Crippen LogP contribution in [0.1, 0.15) is 19.4 Å². The lowest BCUT2D eigenvalue weighted by Crippen LogP contribution is -2.34. The van der Waals surface area contributed by atoms with Gasteiger partial charge >= 0.3 is 0 Å². The van der Waals surface area contributed by atoms with Crippen molar-refractivity contribution in [2.75, 3.05) is 7.11 Å². The van der Waals surface area contributed by atoms with Crippen molar-refractivity contribution >= 4 is 0 Å². The van der Waals surface area contributed by atoms with Gasteiger partial charge in [0.05, 0.1) is 12.7 Å². The van der Waals surface area contributed by atoms with E-state index in [1.807, 2.05) is 0 Å². The van der Waals surface area contributed by atoms with Crippen molar-refractivity contribution in [1.82, 2.24) is 0 Å². The third kappa shape index (κ3) is 2.50. The molecule has 0 bridgehead atoms. The topological polar surface area (TPSA) is 29.5 Å². The van der Waals surface area contributed by atoms with Gasteiger partial charge in [0, 0.05) is 5.92 Å². The van der Waals surface area contributed by atoms with Gasteiger partial charge in [0.25, 0.3) is 0 Å². The molecule has 2 atom stereocenters. The zero-order valence-corrected chi connectivity index (χ0v) is 9.58. The number of rotatable bonds is 4. The lowest BCUT2D eigenvalue weighted by molar-refractivity contribution is -0.0696. The van der Waals surface area contributed by atoms with Gasteiger partial charge in [-0.15, -0.1) is 0 Å². The second-order valence-electron chi connectivity index (χ2n) is 4.00. The smallest absolute Gasteiger partial charge is 0.244 e. The highest BCUT2D eigenvalue weighted by molar-refractivity contribution is 5.30. The van der Waals surface area contributed by atoms with Crippen LogP contribution in [0, 0.1) is 5.92 Å². The maximum absolute atomic E-state index is 12.6. The molecule has 2 nitrogen and oxygen atoms in total. The second kappa shape index (κ2) is 4.78. The predicted octanol–water partition coefficient (Wildman–Crippen LogP) is 2.80. The van der Waals surface area contributed by atoms with E-state index in [4.69, 9.17) is 4.74 Å². The Morgan fingerprint density at radius 3 is 2.12 bits per heavy atom. The van der Waals surface area contributed by atoms with Crippen LogP contribution in [-0.4, -0.2) is 18.6 Å². The summed E-state index contributed by atoms with van der Waals surface area (Å²) in [5.74, 6) is -0.495. The quantitative estimate of drug-likeness (QED) is 0.861. The number of hydrogen-bond acceptors (Lipinski definition) is 2. The highest BCUT2D eigenvalue weighted by atomic mass is 19.3. The number of alkyl halides is 2. The molecule has 0 aliphatic carbocycles. The lowest BCUT2D eigenvalue weighted by Gasteiger charge is -2.30. The van der Waals surface area contributed by atoms with Crippen LogP contribution in [0.25, 0.3) is 0 Å². The Kier molecular flexibility index (Phi) is 3.86. The Hall–Kier alpha value is -1.16. The lowest BCUT2D eigenvalue weighted by atomic mass is 9.84. The fourth-order valence-electron chi connectivity index (χ4n) is 1.44. The van der Waals surface area contributed by atoms with Gasteiger partial charge in [0.1, 0.15) is 5.75 Å². The number of halogens is 2. The van der Waals surface area contributed by atoms with Gasteiger partial charge < -0.3 is 9.84 Å². The number of hydrogen-bond donors (Lipinski definition) is 1. The molecule has 4 heteroatoms. The first-order valence-electron chi connectivity index (χ1n) is 5.04. The van der Waals surface area contributed by atoms with E-state index in [0.29, 0.717) is 11.3 Å². The van der Waals surface area contributed by atoms with E-state index in [2.05, 4.69) is 0 Å². The third-order valence-corrected chi connectivity index (χ3v) is 2.94. The van der Waals surface area contributed by atoms with Crippen molar-refractivity contribution in [3.05, 3.63) is 29.8 Å². The van der Waals surface area contributed by atoms with Crippen LogP contribution < -0.4 is 4.74 Å². The van der Waals surface area contributed by atoms with Crippen molar-refractivity contribution in [1.29, 1.82) is 0 Å². The summed E-state index contributed by atoms with van der Waals surface area (Å²) in [4.78, 5) is 0. The number of ether oxygens (including phenoxy) is 1. The molecule has 0 aliphatic heterocycles. The molecule has 0 radical (unpaired) electrons. The van der Waals surface area contributed by atoms with Gasteiger partial charge in [-0.25, -0.2) is 8.78 Å². The zero-order chi connectivity index (χ0) is 12.3. The SMILES string of the molecule is COc1ccc(C(C)(O)C(C)C(F)F)cc1. The average molecular weight is 230 g/mol. The van der Waals surface area contributed by atoms with E-state index in [9.17, 15) is 13.9 Å². The van der Waals surface area contributed by atoms with E-state index in [1.165, 1.54) is 21.0 Å². The minimum atomic E-state index is -2.56. The monoisotopic (exact) mass is 230 g/mol. The van der Waals surface area contributed by atoms with Crippen LogP contribution in [-0.2, 0) is 5.60 Å². The van der Waals surface area contributed by atoms with Crippen LogP contribution in [0.4, 0.5) is 8.78 Å². The molecule has 16 heavy (non-hydrogen) atoms. The summed E-state index contributed by atoms with van der Waals surface area (Å²) in [6.07, 6.45) is -2.56. The molecule has 0 amide bonds. The molecule has 1 rings (SSSR count). The number of aliphatic hydroxyl groups is 1. The van der Waals surface area contributed by atoms with Crippen molar-refractivity contribution in [3.63, 3.8) is 0 Å². The van der Waals surface area contributed by atoms with Crippen molar-refractivity contribution in [2.45, 2.75) is 25.9 Å². The van der Waals surface area contributed by atoms with E-state index >= 15 is 0 Å². The number of methoxy groups -OCH3 is 1. The Labute approximate surface area is 93.9 Å². The third-order valence-electron chi connectivity index (χ3n) is 2.94. The Bertz CT molecular complexity index is 333. The van der Waals surface area contributed by atoms with Crippen molar-refractivity contribution in [3.8, 4) is 5.75 Å². The fourth-order valence-corrected chi connectivity index (χ4v) is 1.44. The summed E-state index contributed by atoms with van der Waals surface area (Å²) < 4.78 is 30.1. The van der Waals surface area contributed by atoms with Crippen LogP contribution >= 0.6 is 0 Å². The summed E-state index contributed by atoms with van der Waals surface area (Å²) in [5, 5.41) is 10.1. The van der Waals surface area contributed by atoms with E-state index < -0.39 is 17.9 Å². The van der Waals surface area contributed by atoms with Crippen molar-refractivity contribution < 1.29 is 18.6 Å². The minimum absolute atomic E-state index is 0.459. The van der Waals surface area contributed by atoms with Crippen LogP contribution in [0.2, 0.25) is 0 Å². The molecule has 0 saturated carbocycles. The van der Waals surface area contributed by atoms with Crippen LogP contribution in [0.5, 0.6) is 5.75 Å². The Balaban J connectivity index is 2.97. The first kappa shape index (κ1) is 12.9. The predicted molar refractivity (Wildman–Crippen MR) is 57.7 cm³/mol. The standard InChI is InChI=1S/C12H16F2O2/c1-8(11(13)14)12(2,15)9-4-6-10(16-3)7-5-9/h4-8,11,15H,1-3H3. The van der Waals surface area contributed by atoms with E-state index in [-0.39, 0.29) is 0 Å². The van der Waals surface area contributed by atoms with Crippen LogP contribution in [0.3, 0.4) is 0 Å². The average Bonchev–Trinajstić information content (AvgIpc) is 2.28. The number of benzene rings is 1. The summed E-state index contributed by atoms with van der Waals surface area (Å²) in [6, 6.07) is 6.47. The first-order valence-corrected chi connectivity index (χ1v) is 5.04. The van der Waals surface area contributed by atoms with Crippen LogP contribution in [0.15, 0.2) is 24.3 Å². The van der Waals surface area contributed by atoms with E-state index in [0.717, 1.165) is 0 Å². The second-order valence-corrected chi connectivity index (χ2v) is 4.00.